The number of aromatic nitrogens is 3. The number of methoxy groups -OCH3 is 1. The number of benzene rings is 1. The summed E-state index contributed by atoms with van der Waals surface area (Å²) < 4.78 is 11.6. The van der Waals surface area contributed by atoms with Gasteiger partial charge in [0, 0.05) is 25.3 Å². The third kappa shape index (κ3) is 4.80. The molecule has 3 aromatic rings. The lowest BCUT2D eigenvalue weighted by atomic mass is 10.1. The molecule has 0 atom stereocenters. The third-order valence-electron chi connectivity index (χ3n) is 4.86. The molecule has 0 spiro atoms. The highest BCUT2D eigenvalue weighted by atomic mass is 16.5. The highest BCUT2D eigenvalue weighted by Crippen LogP contribution is 2.23. The lowest BCUT2D eigenvalue weighted by Gasteiger charge is -2.23. The predicted molar refractivity (Wildman–Crippen MR) is 121 cm³/mol. The van der Waals surface area contributed by atoms with Crippen LogP contribution in [-0.2, 0) is 11.3 Å². The summed E-state index contributed by atoms with van der Waals surface area (Å²) in [6.07, 6.45) is 0. The number of anilines is 2. The van der Waals surface area contributed by atoms with Crippen LogP contribution in [0.15, 0.2) is 44.4 Å². The molecule has 1 aromatic carbocycles. The largest absolute Gasteiger partial charge is 0.383 e. The first-order valence-electron chi connectivity index (χ1n) is 10.2. The topological polar surface area (TPSA) is 136 Å². The molecule has 170 valence electrons. The molecule has 0 aliphatic heterocycles. The molecule has 0 fully saturated rings. The Bertz CT molecular complexity index is 1210. The Labute approximate surface area is 184 Å². The standard InChI is InChI=1S/C22H27N5O5/c1-13(2)12-27-19(23)18(20(28)24-22(27)30)26(9-10-31-4)21(29)17-11-16(25-32-17)15-7-5-14(3)6-8-15/h5-8,11,13H,9-10,12,23H2,1-4H3,(H,24,28,30). The Balaban J connectivity index is 2.04. The molecule has 0 unspecified atom stereocenters. The monoisotopic (exact) mass is 441 g/mol. The van der Waals surface area contributed by atoms with Crippen molar-refractivity contribution in [2.75, 3.05) is 30.9 Å². The van der Waals surface area contributed by atoms with E-state index in [-0.39, 0.29) is 42.9 Å². The molecule has 0 aliphatic carbocycles. The number of nitrogens with zero attached hydrogens (tertiary/aromatic N) is 3. The van der Waals surface area contributed by atoms with Crippen molar-refractivity contribution in [2.24, 2.45) is 5.92 Å². The van der Waals surface area contributed by atoms with Crippen LogP contribution >= 0.6 is 0 Å². The van der Waals surface area contributed by atoms with Gasteiger partial charge in [-0.15, -0.1) is 0 Å². The Hall–Kier alpha value is -3.66. The SMILES string of the molecule is COCCN(C(=O)c1cc(-c2ccc(C)cc2)no1)c1c(N)n(CC(C)C)c(=O)[nH]c1=O. The van der Waals surface area contributed by atoms with Gasteiger partial charge < -0.3 is 15.0 Å². The molecule has 0 bridgehead atoms. The zero-order chi connectivity index (χ0) is 23.4. The maximum atomic E-state index is 13.3. The number of rotatable bonds is 8. The molecule has 0 saturated carbocycles. The summed E-state index contributed by atoms with van der Waals surface area (Å²) >= 11 is 0. The van der Waals surface area contributed by atoms with E-state index in [1.165, 1.54) is 17.7 Å². The number of aryl methyl sites for hydroxylation is 1. The fraction of sp³-hybridized carbons (Fsp3) is 0.364. The van der Waals surface area contributed by atoms with Crippen molar-refractivity contribution in [2.45, 2.75) is 27.3 Å². The van der Waals surface area contributed by atoms with E-state index in [1.54, 1.807) is 0 Å². The van der Waals surface area contributed by atoms with Gasteiger partial charge in [-0.1, -0.05) is 48.8 Å². The highest BCUT2D eigenvalue weighted by molar-refractivity contribution is 6.05. The van der Waals surface area contributed by atoms with Gasteiger partial charge in [-0.3, -0.25) is 24.0 Å². The van der Waals surface area contributed by atoms with Crippen LogP contribution in [0.3, 0.4) is 0 Å². The zero-order valence-electron chi connectivity index (χ0n) is 18.5. The van der Waals surface area contributed by atoms with Crippen molar-refractivity contribution in [3.63, 3.8) is 0 Å². The quantitative estimate of drug-likeness (QED) is 0.546. The van der Waals surface area contributed by atoms with Gasteiger partial charge >= 0.3 is 5.69 Å². The summed E-state index contributed by atoms with van der Waals surface area (Å²) in [4.78, 5) is 41.7. The molecule has 0 saturated heterocycles. The number of amides is 1. The molecular weight excluding hydrogens is 414 g/mol. The minimum absolute atomic E-state index is 0.0169. The van der Waals surface area contributed by atoms with Gasteiger partial charge in [0.15, 0.2) is 5.69 Å². The smallest absolute Gasteiger partial charge is 0.330 e. The lowest BCUT2D eigenvalue weighted by molar-refractivity contribution is 0.0940. The van der Waals surface area contributed by atoms with E-state index in [1.807, 2.05) is 45.0 Å². The van der Waals surface area contributed by atoms with Gasteiger partial charge in [-0.25, -0.2) is 4.79 Å². The van der Waals surface area contributed by atoms with Crippen LogP contribution in [0.2, 0.25) is 0 Å². The fourth-order valence-corrected chi connectivity index (χ4v) is 3.25. The Morgan fingerprint density at radius 2 is 1.97 bits per heavy atom. The molecule has 0 radical (unpaired) electrons. The van der Waals surface area contributed by atoms with E-state index in [4.69, 9.17) is 15.0 Å². The van der Waals surface area contributed by atoms with E-state index in [0.29, 0.717) is 5.69 Å². The molecule has 3 rings (SSSR count). The summed E-state index contributed by atoms with van der Waals surface area (Å²) in [5.41, 5.74) is 7.00. The molecule has 2 heterocycles. The van der Waals surface area contributed by atoms with Crippen LogP contribution < -0.4 is 21.9 Å². The van der Waals surface area contributed by atoms with Gasteiger partial charge in [0.1, 0.15) is 11.5 Å². The number of nitrogens with one attached hydrogen (secondary N) is 1. The Kier molecular flexibility index (Phi) is 6.94. The highest BCUT2D eigenvalue weighted by Gasteiger charge is 2.28. The number of ether oxygens (including phenoxy) is 1. The van der Waals surface area contributed by atoms with Gasteiger partial charge in [-0.2, -0.15) is 0 Å². The predicted octanol–water partition coefficient (Wildman–Crippen LogP) is 2.03. The second kappa shape index (κ2) is 9.65. The van der Waals surface area contributed by atoms with E-state index in [2.05, 4.69) is 10.1 Å². The van der Waals surface area contributed by atoms with Gasteiger partial charge in [0.05, 0.1) is 13.2 Å². The number of carbonyl (C=O) groups is 1. The Morgan fingerprint density at radius 3 is 2.59 bits per heavy atom. The normalized spacial score (nSPS) is 11.2. The van der Waals surface area contributed by atoms with E-state index in [9.17, 15) is 14.4 Å². The minimum Gasteiger partial charge on any atom is -0.383 e. The summed E-state index contributed by atoms with van der Waals surface area (Å²) in [5, 5.41) is 3.98. The van der Waals surface area contributed by atoms with Gasteiger partial charge in [0.2, 0.25) is 5.76 Å². The number of hydrogen-bond acceptors (Lipinski definition) is 7. The molecule has 0 aliphatic rings. The number of H-pyrrole nitrogens is 1. The number of carbonyl (C=O) groups excluding carboxylic acids is 1. The van der Waals surface area contributed by atoms with E-state index >= 15 is 0 Å². The van der Waals surface area contributed by atoms with E-state index < -0.39 is 17.2 Å². The fourth-order valence-electron chi connectivity index (χ4n) is 3.25. The molecule has 10 heteroatoms. The second-order valence-corrected chi connectivity index (χ2v) is 7.89. The third-order valence-corrected chi connectivity index (χ3v) is 4.86. The number of hydrogen-bond donors (Lipinski definition) is 2. The van der Waals surface area contributed by atoms with Crippen LogP contribution in [0.1, 0.15) is 30.0 Å². The van der Waals surface area contributed by atoms with Crippen LogP contribution in [0.4, 0.5) is 11.5 Å². The second-order valence-electron chi connectivity index (χ2n) is 7.89. The molecule has 32 heavy (non-hydrogen) atoms. The molecule has 2 aromatic heterocycles. The van der Waals surface area contributed by atoms with Crippen molar-refractivity contribution < 1.29 is 14.1 Å². The first-order valence-corrected chi connectivity index (χ1v) is 10.2. The van der Waals surface area contributed by atoms with Crippen molar-refractivity contribution >= 4 is 17.4 Å². The minimum atomic E-state index is -0.768. The van der Waals surface area contributed by atoms with Crippen LogP contribution in [0, 0.1) is 12.8 Å². The molecular formula is C22H27N5O5. The van der Waals surface area contributed by atoms with Gasteiger partial charge in [0.25, 0.3) is 11.5 Å². The summed E-state index contributed by atoms with van der Waals surface area (Å²) in [6, 6.07) is 9.09. The van der Waals surface area contributed by atoms with Gasteiger partial charge in [-0.05, 0) is 12.8 Å². The van der Waals surface area contributed by atoms with Crippen molar-refractivity contribution in [1.82, 2.24) is 14.7 Å². The maximum absolute atomic E-state index is 13.3. The summed E-state index contributed by atoms with van der Waals surface area (Å²) in [5.74, 6) is -0.713. The summed E-state index contributed by atoms with van der Waals surface area (Å²) in [7, 11) is 1.47. The summed E-state index contributed by atoms with van der Waals surface area (Å²) in [6.45, 7) is 6.21. The molecule has 10 nitrogen and oxygen atoms in total. The van der Waals surface area contributed by atoms with Crippen LogP contribution in [0.25, 0.3) is 11.3 Å². The number of nitrogen functional groups attached to an aromatic ring is 1. The average Bonchev–Trinajstić information content (AvgIpc) is 3.23. The maximum Gasteiger partial charge on any atom is 0.330 e. The van der Waals surface area contributed by atoms with Crippen molar-refractivity contribution in [3.05, 3.63) is 62.5 Å². The van der Waals surface area contributed by atoms with Crippen molar-refractivity contribution in [1.29, 1.82) is 0 Å². The first-order chi connectivity index (χ1) is 15.2. The Morgan fingerprint density at radius 1 is 1.28 bits per heavy atom. The molecule has 1 amide bonds. The lowest BCUT2D eigenvalue weighted by Crippen LogP contribution is -2.42. The average molecular weight is 441 g/mol. The first kappa shape index (κ1) is 23.0. The van der Waals surface area contributed by atoms with E-state index in [0.717, 1.165) is 16.0 Å². The van der Waals surface area contributed by atoms with Crippen molar-refractivity contribution in [3.8, 4) is 11.3 Å². The number of nitrogens with two attached hydrogens (primary N) is 1. The zero-order valence-corrected chi connectivity index (χ0v) is 18.5. The van der Waals surface area contributed by atoms with Crippen LogP contribution in [0.5, 0.6) is 0 Å². The molecule has 3 N–H and O–H groups in total. The van der Waals surface area contributed by atoms with Crippen LogP contribution in [-0.4, -0.2) is 40.9 Å². The number of aromatic amines is 1.